The van der Waals surface area contributed by atoms with E-state index in [-0.39, 0.29) is 5.57 Å². The highest BCUT2D eigenvalue weighted by molar-refractivity contribution is 5.94. The molecule has 3 heteroatoms. The molecule has 50 valence electrons. The van der Waals surface area contributed by atoms with E-state index in [0.717, 1.165) is 0 Å². The maximum absolute atomic E-state index is 10.3. The zero-order valence-electron chi connectivity index (χ0n) is 5.35. The molecule has 0 aromatic rings. The van der Waals surface area contributed by atoms with E-state index in [9.17, 15) is 4.79 Å². The van der Waals surface area contributed by atoms with Crippen molar-refractivity contribution in [3.8, 4) is 0 Å². The first-order valence-corrected chi connectivity index (χ1v) is 2.46. The Kier molecular flexibility index (Phi) is 2.51. The molecule has 0 aromatic carbocycles. The van der Waals surface area contributed by atoms with Crippen LogP contribution in [0.2, 0.25) is 0 Å². The first kappa shape index (κ1) is 7.75. The summed E-state index contributed by atoms with van der Waals surface area (Å²) in [6.45, 7) is 5.02. The molecule has 0 radical (unpaired) electrons. The molecule has 0 rings (SSSR count). The fourth-order valence-corrected chi connectivity index (χ4v) is 0.346. The predicted molar refractivity (Wildman–Crippen MR) is 36.3 cm³/mol. The molecule has 0 aliphatic carbocycles. The zero-order chi connectivity index (χ0) is 7.44. The van der Waals surface area contributed by atoms with Crippen LogP contribution < -0.4 is 11.5 Å². The van der Waals surface area contributed by atoms with Gasteiger partial charge in [-0.1, -0.05) is 6.58 Å². The van der Waals surface area contributed by atoms with Gasteiger partial charge in [0.1, 0.15) is 0 Å². The number of carbonyl (C=O) groups is 1. The fourth-order valence-electron chi connectivity index (χ4n) is 0.346. The molecule has 4 N–H and O–H groups in total. The Bertz CT molecular complexity index is 166. The highest BCUT2D eigenvalue weighted by Gasteiger charge is 1.94. The van der Waals surface area contributed by atoms with E-state index in [1.54, 1.807) is 6.92 Å². The molecule has 0 saturated carbocycles. The van der Waals surface area contributed by atoms with Crippen molar-refractivity contribution in [1.82, 2.24) is 0 Å². The summed E-state index contributed by atoms with van der Waals surface area (Å²) >= 11 is 0. The molecular formula is C6H10N2O. The van der Waals surface area contributed by atoms with Crippen LogP contribution in [0.25, 0.3) is 0 Å². The minimum Gasteiger partial charge on any atom is -0.402 e. The highest BCUT2D eigenvalue weighted by atomic mass is 16.1. The summed E-state index contributed by atoms with van der Waals surface area (Å²) < 4.78 is 0. The van der Waals surface area contributed by atoms with Crippen molar-refractivity contribution in [2.45, 2.75) is 6.92 Å². The normalized spacial score (nSPS) is 11.0. The van der Waals surface area contributed by atoms with Gasteiger partial charge in [0, 0.05) is 11.3 Å². The Morgan fingerprint density at radius 1 is 1.56 bits per heavy atom. The Morgan fingerprint density at radius 2 is 2.00 bits per heavy atom. The van der Waals surface area contributed by atoms with Gasteiger partial charge in [-0.15, -0.1) is 0 Å². The van der Waals surface area contributed by atoms with Gasteiger partial charge in [0.2, 0.25) is 5.91 Å². The monoisotopic (exact) mass is 126 g/mol. The summed E-state index contributed by atoms with van der Waals surface area (Å²) in [6.07, 6.45) is 1.43. The average molecular weight is 126 g/mol. The number of amides is 1. The molecular weight excluding hydrogens is 116 g/mol. The number of allylic oxidation sites excluding steroid dienone is 1. The second kappa shape index (κ2) is 2.91. The topological polar surface area (TPSA) is 69.1 Å². The Balaban J connectivity index is 4.09. The second-order valence-corrected chi connectivity index (χ2v) is 1.78. The van der Waals surface area contributed by atoms with Gasteiger partial charge in [0.05, 0.1) is 0 Å². The van der Waals surface area contributed by atoms with E-state index < -0.39 is 5.91 Å². The van der Waals surface area contributed by atoms with Gasteiger partial charge in [-0.25, -0.2) is 0 Å². The van der Waals surface area contributed by atoms with Crippen molar-refractivity contribution in [1.29, 1.82) is 0 Å². The average Bonchev–Trinajstić information content (AvgIpc) is 1.63. The second-order valence-electron chi connectivity index (χ2n) is 1.78. The molecule has 1 amide bonds. The number of nitrogens with two attached hydrogens (primary N) is 2. The van der Waals surface area contributed by atoms with E-state index in [1.165, 1.54) is 6.08 Å². The summed E-state index contributed by atoms with van der Waals surface area (Å²) in [5, 5.41) is 0. The summed E-state index contributed by atoms with van der Waals surface area (Å²) in [5.74, 6) is -0.542. The highest BCUT2D eigenvalue weighted by Crippen LogP contribution is 1.92. The molecule has 0 aliphatic heterocycles. The van der Waals surface area contributed by atoms with Crippen molar-refractivity contribution >= 4 is 5.91 Å². The summed E-state index contributed by atoms with van der Waals surface area (Å²) in [5.41, 5.74) is 10.8. The minimum atomic E-state index is -0.542. The molecule has 0 spiro atoms. The van der Waals surface area contributed by atoms with E-state index >= 15 is 0 Å². The van der Waals surface area contributed by atoms with Gasteiger partial charge < -0.3 is 11.5 Å². The van der Waals surface area contributed by atoms with Crippen LogP contribution in [-0.4, -0.2) is 5.91 Å². The molecule has 9 heavy (non-hydrogen) atoms. The lowest BCUT2D eigenvalue weighted by Crippen LogP contribution is -2.12. The molecule has 0 saturated heterocycles. The van der Waals surface area contributed by atoms with Crippen LogP contribution in [-0.2, 0) is 4.79 Å². The third kappa shape index (κ3) is 3.34. The van der Waals surface area contributed by atoms with Gasteiger partial charge in [-0.3, -0.25) is 4.79 Å². The smallest absolute Gasteiger partial charge is 0.248 e. The van der Waals surface area contributed by atoms with Crippen LogP contribution in [0.5, 0.6) is 0 Å². The molecule has 0 bridgehead atoms. The van der Waals surface area contributed by atoms with Crippen LogP contribution in [0.15, 0.2) is 23.9 Å². The van der Waals surface area contributed by atoms with E-state index in [0.29, 0.717) is 5.70 Å². The number of hydrogen-bond acceptors (Lipinski definition) is 2. The third-order valence-electron chi connectivity index (χ3n) is 0.718. The Morgan fingerprint density at radius 3 is 2.11 bits per heavy atom. The van der Waals surface area contributed by atoms with Crippen molar-refractivity contribution < 1.29 is 4.79 Å². The number of rotatable bonds is 2. The fraction of sp³-hybridized carbons (Fsp3) is 0.167. The van der Waals surface area contributed by atoms with E-state index in [4.69, 9.17) is 11.5 Å². The standard InChI is InChI=1S/C6H10N2O/c1-4(6(8)9)3-5(2)7/h3H,1,7H2,2H3,(H2,8,9)/b5-3-. The number of hydrogen-bond donors (Lipinski definition) is 2. The molecule has 0 aromatic heterocycles. The first-order chi connectivity index (χ1) is 4.04. The molecule has 0 heterocycles. The van der Waals surface area contributed by atoms with Crippen LogP contribution in [0.4, 0.5) is 0 Å². The molecule has 3 nitrogen and oxygen atoms in total. The molecule has 0 atom stereocenters. The molecule has 0 unspecified atom stereocenters. The lowest BCUT2D eigenvalue weighted by molar-refractivity contribution is -0.114. The maximum atomic E-state index is 10.3. The van der Waals surface area contributed by atoms with Gasteiger partial charge in [-0.05, 0) is 13.0 Å². The zero-order valence-corrected chi connectivity index (χ0v) is 5.35. The largest absolute Gasteiger partial charge is 0.402 e. The lowest BCUT2D eigenvalue weighted by Gasteiger charge is -1.91. The SMILES string of the molecule is C=C(/C=C(/C)N)C(N)=O. The predicted octanol–water partition coefficient (Wildman–Crippen LogP) is -0.110. The van der Waals surface area contributed by atoms with Crippen LogP contribution in [0, 0.1) is 0 Å². The van der Waals surface area contributed by atoms with Crippen molar-refractivity contribution in [2.75, 3.05) is 0 Å². The van der Waals surface area contributed by atoms with Crippen molar-refractivity contribution in [3.05, 3.63) is 23.9 Å². The van der Waals surface area contributed by atoms with Gasteiger partial charge in [-0.2, -0.15) is 0 Å². The van der Waals surface area contributed by atoms with Crippen LogP contribution >= 0.6 is 0 Å². The van der Waals surface area contributed by atoms with Gasteiger partial charge in [0.15, 0.2) is 0 Å². The molecule has 0 fully saturated rings. The number of carbonyl (C=O) groups excluding carboxylic acids is 1. The van der Waals surface area contributed by atoms with E-state index in [1.807, 2.05) is 0 Å². The first-order valence-electron chi connectivity index (χ1n) is 2.46. The van der Waals surface area contributed by atoms with Crippen LogP contribution in [0.1, 0.15) is 6.92 Å². The van der Waals surface area contributed by atoms with Crippen molar-refractivity contribution in [3.63, 3.8) is 0 Å². The Hall–Kier alpha value is -1.25. The van der Waals surface area contributed by atoms with E-state index in [2.05, 4.69) is 6.58 Å². The van der Waals surface area contributed by atoms with Crippen LogP contribution in [0.3, 0.4) is 0 Å². The lowest BCUT2D eigenvalue weighted by atomic mass is 10.2. The van der Waals surface area contributed by atoms with Gasteiger partial charge in [0.25, 0.3) is 0 Å². The Labute approximate surface area is 54.0 Å². The summed E-state index contributed by atoms with van der Waals surface area (Å²) in [7, 11) is 0. The minimum absolute atomic E-state index is 0.231. The summed E-state index contributed by atoms with van der Waals surface area (Å²) in [4.78, 5) is 10.3. The maximum Gasteiger partial charge on any atom is 0.248 e. The molecule has 0 aliphatic rings. The quantitative estimate of drug-likeness (QED) is 0.400. The van der Waals surface area contributed by atoms with Crippen molar-refractivity contribution in [2.24, 2.45) is 11.5 Å². The van der Waals surface area contributed by atoms with Gasteiger partial charge >= 0.3 is 0 Å². The number of primary amides is 1. The third-order valence-corrected chi connectivity index (χ3v) is 0.718. The summed E-state index contributed by atoms with van der Waals surface area (Å²) in [6, 6.07) is 0.